The van der Waals surface area contributed by atoms with E-state index >= 15 is 0 Å². The summed E-state index contributed by atoms with van der Waals surface area (Å²) < 4.78 is 26.8. The second-order valence-corrected chi connectivity index (χ2v) is 7.58. The maximum absolute atomic E-state index is 13.4. The predicted octanol–water partition coefficient (Wildman–Crippen LogP) is 0.0684. The minimum atomic E-state index is -2.76. The van der Waals surface area contributed by atoms with E-state index in [2.05, 4.69) is 31.2 Å². The summed E-state index contributed by atoms with van der Waals surface area (Å²) in [7, 11) is 0. The first-order chi connectivity index (χ1) is 13.5. The van der Waals surface area contributed by atoms with Crippen LogP contribution in [0.3, 0.4) is 0 Å². The first-order valence-corrected chi connectivity index (χ1v) is 9.57. The Morgan fingerprint density at radius 2 is 1.96 bits per heavy atom. The molecule has 0 saturated carbocycles. The molecule has 0 spiro atoms. The summed E-state index contributed by atoms with van der Waals surface area (Å²) in [5.74, 6) is -2.36. The Bertz CT molecular complexity index is 775. The van der Waals surface area contributed by atoms with E-state index in [0.717, 1.165) is 26.2 Å². The van der Waals surface area contributed by atoms with Crippen LogP contribution in [0.1, 0.15) is 18.5 Å². The molecule has 3 saturated heterocycles. The van der Waals surface area contributed by atoms with E-state index in [1.807, 2.05) is 0 Å². The molecule has 3 fully saturated rings. The van der Waals surface area contributed by atoms with E-state index < -0.39 is 12.5 Å². The molecule has 10 heteroatoms. The number of nitriles is 1. The Kier molecular flexibility index (Phi) is 5.12. The van der Waals surface area contributed by atoms with Crippen molar-refractivity contribution < 1.29 is 13.6 Å². The Balaban J connectivity index is 1.30. The van der Waals surface area contributed by atoms with Gasteiger partial charge in [0.05, 0.1) is 12.6 Å². The number of rotatable bonds is 3. The zero-order chi connectivity index (χ0) is 19.7. The number of carbonyl (C=O) groups is 1. The summed E-state index contributed by atoms with van der Waals surface area (Å²) in [6.07, 6.45) is 3.48. The van der Waals surface area contributed by atoms with Gasteiger partial charge >= 0.3 is 0 Å². The molecule has 0 radical (unpaired) electrons. The van der Waals surface area contributed by atoms with Gasteiger partial charge in [0.1, 0.15) is 6.07 Å². The molecule has 0 bridgehead atoms. The summed E-state index contributed by atoms with van der Waals surface area (Å²) in [5, 5.41) is 12.4. The van der Waals surface area contributed by atoms with Crippen molar-refractivity contribution in [1.29, 1.82) is 5.26 Å². The zero-order valence-electron chi connectivity index (χ0n) is 15.5. The number of hydrogen-bond donors (Lipinski definition) is 1. The van der Waals surface area contributed by atoms with Crippen molar-refractivity contribution in [3.63, 3.8) is 0 Å². The lowest BCUT2D eigenvalue weighted by atomic mass is 10.1. The highest BCUT2D eigenvalue weighted by atomic mass is 19.3. The molecule has 0 aromatic carbocycles. The molecule has 0 aliphatic carbocycles. The van der Waals surface area contributed by atoms with Crippen LogP contribution in [-0.2, 0) is 4.79 Å². The quantitative estimate of drug-likeness (QED) is 0.780. The number of carbonyl (C=O) groups excluding carboxylic acids is 1. The van der Waals surface area contributed by atoms with Gasteiger partial charge < -0.3 is 15.1 Å². The third-order valence-corrected chi connectivity index (χ3v) is 5.80. The van der Waals surface area contributed by atoms with Crippen LogP contribution in [0.2, 0.25) is 0 Å². The molecule has 28 heavy (non-hydrogen) atoms. The molecular formula is C18H23F2N7O. The number of amides is 1. The van der Waals surface area contributed by atoms with Gasteiger partial charge in [0.15, 0.2) is 11.5 Å². The van der Waals surface area contributed by atoms with Crippen molar-refractivity contribution in [3.8, 4) is 6.07 Å². The van der Waals surface area contributed by atoms with Gasteiger partial charge in [-0.15, -0.1) is 0 Å². The maximum Gasteiger partial charge on any atom is 0.267 e. The number of halogens is 2. The highest BCUT2D eigenvalue weighted by Gasteiger charge is 2.43. The Morgan fingerprint density at radius 1 is 1.21 bits per heavy atom. The van der Waals surface area contributed by atoms with Crippen LogP contribution < -0.4 is 10.2 Å². The standard InChI is InChI=1S/C18H23F2N7O/c19-18(20)1-4-27(12-18)17(28)14-9-13(11-24-14)25-5-7-26(8-6-25)16-15(10-21)22-2-3-23-16/h2-3,13-14,24H,1,4-9,11-12H2/t13-,14-/m0/s1. The number of nitrogens with zero attached hydrogens (tertiary/aromatic N) is 6. The average Bonchev–Trinajstić information content (AvgIpc) is 3.34. The molecule has 1 N–H and O–H groups in total. The summed E-state index contributed by atoms with van der Waals surface area (Å²) in [4.78, 5) is 26.5. The Hall–Kier alpha value is -2.38. The van der Waals surface area contributed by atoms with Gasteiger partial charge in [-0.3, -0.25) is 9.69 Å². The number of hydrogen-bond acceptors (Lipinski definition) is 7. The van der Waals surface area contributed by atoms with Crippen molar-refractivity contribution in [2.45, 2.75) is 30.8 Å². The lowest BCUT2D eigenvalue weighted by Gasteiger charge is -2.38. The van der Waals surface area contributed by atoms with Gasteiger partial charge in [0.25, 0.3) is 5.92 Å². The molecule has 1 aromatic rings. The van der Waals surface area contributed by atoms with Crippen LogP contribution in [-0.4, -0.2) is 89.5 Å². The fourth-order valence-corrected chi connectivity index (χ4v) is 4.27. The smallest absolute Gasteiger partial charge is 0.267 e. The number of alkyl halides is 2. The SMILES string of the molecule is N#Cc1nccnc1N1CCN([C@@H]2CN[C@H](C(=O)N3CCC(F)(F)C3)C2)CC1. The van der Waals surface area contributed by atoms with E-state index in [1.54, 1.807) is 6.20 Å². The zero-order valence-corrected chi connectivity index (χ0v) is 15.5. The fourth-order valence-electron chi connectivity index (χ4n) is 4.27. The third-order valence-electron chi connectivity index (χ3n) is 5.80. The molecule has 0 unspecified atom stereocenters. The molecule has 4 rings (SSSR count). The van der Waals surface area contributed by atoms with E-state index in [-0.39, 0.29) is 31.0 Å². The summed E-state index contributed by atoms with van der Waals surface area (Å²) in [6, 6.07) is 1.89. The number of aromatic nitrogens is 2. The predicted molar refractivity (Wildman–Crippen MR) is 96.9 cm³/mol. The van der Waals surface area contributed by atoms with Crippen molar-refractivity contribution in [1.82, 2.24) is 25.1 Å². The van der Waals surface area contributed by atoms with Gasteiger partial charge in [-0.25, -0.2) is 18.7 Å². The minimum Gasteiger partial charge on any atom is -0.352 e. The van der Waals surface area contributed by atoms with Gasteiger partial charge in [0, 0.05) is 64.1 Å². The third kappa shape index (κ3) is 3.77. The summed E-state index contributed by atoms with van der Waals surface area (Å²) in [5.41, 5.74) is 0.326. The molecule has 1 aromatic heterocycles. The van der Waals surface area contributed by atoms with Crippen LogP contribution in [0.4, 0.5) is 14.6 Å². The molecule has 3 aliphatic rings. The highest BCUT2D eigenvalue weighted by Crippen LogP contribution is 2.28. The number of likely N-dealkylation sites (tertiary alicyclic amines) is 1. The number of anilines is 1. The van der Waals surface area contributed by atoms with Crippen molar-refractivity contribution in [2.24, 2.45) is 0 Å². The molecular weight excluding hydrogens is 368 g/mol. The largest absolute Gasteiger partial charge is 0.352 e. The number of piperazine rings is 1. The van der Waals surface area contributed by atoms with Crippen LogP contribution in [0.25, 0.3) is 0 Å². The van der Waals surface area contributed by atoms with E-state index in [4.69, 9.17) is 0 Å². The topological polar surface area (TPSA) is 88.4 Å². The molecule has 8 nitrogen and oxygen atoms in total. The van der Waals surface area contributed by atoms with Crippen molar-refractivity contribution >= 4 is 11.7 Å². The highest BCUT2D eigenvalue weighted by molar-refractivity contribution is 5.82. The lowest BCUT2D eigenvalue weighted by molar-refractivity contribution is -0.133. The lowest BCUT2D eigenvalue weighted by Crippen LogP contribution is -2.51. The number of nitrogens with one attached hydrogen (secondary N) is 1. The molecule has 150 valence electrons. The Morgan fingerprint density at radius 3 is 2.64 bits per heavy atom. The minimum absolute atomic E-state index is 0.132. The molecule has 4 heterocycles. The van der Waals surface area contributed by atoms with Gasteiger partial charge in [0.2, 0.25) is 5.91 Å². The summed E-state index contributed by atoms with van der Waals surface area (Å²) in [6.45, 7) is 3.36. The second kappa shape index (κ2) is 7.56. The van der Waals surface area contributed by atoms with Gasteiger partial charge in [-0.05, 0) is 6.42 Å². The normalized spacial score (nSPS) is 27.8. The van der Waals surface area contributed by atoms with Crippen LogP contribution >= 0.6 is 0 Å². The van der Waals surface area contributed by atoms with Gasteiger partial charge in [-0.1, -0.05) is 0 Å². The second-order valence-electron chi connectivity index (χ2n) is 7.58. The van der Waals surface area contributed by atoms with E-state index in [0.29, 0.717) is 24.5 Å². The fraction of sp³-hybridized carbons (Fsp3) is 0.667. The Labute approximate surface area is 162 Å². The van der Waals surface area contributed by atoms with E-state index in [1.165, 1.54) is 11.1 Å². The monoisotopic (exact) mass is 391 g/mol. The molecule has 3 aliphatic heterocycles. The average molecular weight is 391 g/mol. The van der Waals surface area contributed by atoms with E-state index in [9.17, 15) is 18.8 Å². The van der Waals surface area contributed by atoms with Crippen LogP contribution in [0.15, 0.2) is 12.4 Å². The van der Waals surface area contributed by atoms with Crippen molar-refractivity contribution in [2.75, 3.05) is 50.7 Å². The maximum atomic E-state index is 13.4. The first kappa shape index (κ1) is 19.0. The first-order valence-electron chi connectivity index (χ1n) is 9.57. The molecule has 2 atom stereocenters. The van der Waals surface area contributed by atoms with Gasteiger partial charge in [-0.2, -0.15) is 5.26 Å². The molecule has 1 amide bonds. The van der Waals surface area contributed by atoms with Crippen LogP contribution in [0, 0.1) is 11.3 Å². The van der Waals surface area contributed by atoms with Crippen molar-refractivity contribution in [3.05, 3.63) is 18.1 Å². The summed E-state index contributed by atoms with van der Waals surface area (Å²) >= 11 is 0. The van der Waals surface area contributed by atoms with Crippen LogP contribution in [0.5, 0.6) is 0 Å².